The smallest absolute Gasteiger partial charge is 0.304 e. The van der Waals surface area contributed by atoms with Crippen LogP contribution in [0.4, 0.5) is 0 Å². The zero-order chi connectivity index (χ0) is 12.1. The number of hydrogen-bond acceptors (Lipinski definition) is 3. The first kappa shape index (κ1) is 13.5. The number of nitrogens with zero attached hydrogens (tertiary/aromatic N) is 2. The highest BCUT2D eigenvalue weighted by molar-refractivity contribution is 5.67. The van der Waals surface area contributed by atoms with Gasteiger partial charge in [-0.15, -0.1) is 0 Å². The minimum absolute atomic E-state index is 0.184. The highest BCUT2D eigenvalue weighted by atomic mass is 16.4. The van der Waals surface area contributed by atoms with Gasteiger partial charge in [0.2, 0.25) is 0 Å². The summed E-state index contributed by atoms with van der Waals surface area (Å²) in [5, 5.41) is 8.83. The molecular formula is C12H24N2O2. The number of hydrogen-bond donors (Lipinski definition) is 1. The maximum atomic E-state index is 10.7. The summed E-state index contributed by atoms with van der Waals surface area (Å²) in [6, 6.07) is 0.184. The molecule has 1 N–H and O–H groups in total. The van der Waals surface area contributed by atoms with E-state index >= 15 is 0 Å². The van der Waals surface area contributed by atoms with E-state index in [1.54, 1.807) is 0 Å². The second-order valence-corrected chi connectivity index (χ2v) is 5.02. The number of carboxylic acid groups (broad SMARTS) is 1. The minimum Gasteiger partial charge on any atom is -0.481 e. The lowest BCUT2D eigenvalue weighted by Gasteiger charge is -2.28. The first-order chi connectivity index (χ1) is 7.52. The Labute approximate surface area is 98.2 Å². The molecule has 1 aliphatic rings. The Morgan fingerprint density at radius 2 is 2.31 bits per heavy atom. The molecule has 0 bridgehead atoms. The van der Waals surface area contributed by atoms with Gasteiger partial charge in [0.15, 0.2) is 0 Å². The summed E-state index contributed by atoms with van der Waals surface area (Å²) in [4.78, 5) is 15.3. The molecule has 4 heteroatoms. The molecule has 0 aromatic heterocycles. The number of rotatable bonds is 6. The fourth-order valence-electron chi connectivity index (χ4n) is 2.55. The summed E-state index contributed by atoms with van der Waals surface area (Å²) in [5.41, 5.74) is 0. The van der Waals surface area contributed by atoms with Gasteiger partial charge in [-0.3, -0.25) is 4.79 Å². The molecule has 2 atom stereocenters. The third-order valence-electron chi connectivity index (χ3n) is 3.54. The van der Waals surface area contributed by atoms with E-state index in [4.69, 9.17) is 5.11 Å². The molecule has 94 valence electrons. The van der Waals surface area contributed by atoms with Crippen molar-refractivity contribution in [2.24, 2.45) is 5.92 Å². The Kier molecular flexibility index (Phi) is 5.22. The van der Waals surface area contributed by atoms with Crippen molar-refractivity contribution in [3.05, 3.63) is 0 Å². The van der Waals surface area contributed by atoms with Crippen LogP contribution in [0.25, 0.3) is 0 Å². The van der Waals surface area contributed by atoms with Crippen LogP contribution in [-0.2, 0) is 4.79 Å². The molecular weight excluding hydrogens is 204 g/mol. The number of likely N-dealkylation sites (tertiary alicyclic amines) is 1. The lowest BCUT2D eigenvalue weighted by molar-refractivity contribution is -0.138. The molecule has 0 aromatic carbocycles. The Balaban J connectivity index is 2.36. The fourth-order valence-corrected chi connectivity index (χ4v) is 2.55. The standard InChI is InChI=1S/C12H24N2O2/c1-4-11(7-12(15)16)14(3)9-10-5-6-13(2)8-10/h10-11H,4-9H2,1-3H3,(H,15,16). The van der Waals surface area contributed by atoms with Crippen LogP contribution in [-0.4, -0.2) is 60.6 Å². The molecule has 1 heterocycles. The van der Waals surface area contributed by atoms with E-state index in [1.165, 1.54) is 13.0 Å². The SMILES string of the molecule is CCC(CC(=O)O)N(C)CC1CCN(C)C1. The molecule has 0 amide bonds. The van der Waals surface area contributed by atoms with Gasteiger partial charge >= 0.3 is 5.97 Å². The largest absolute Gasteiger partial charge is 0.481 e. The Morgan fingerprint density at radius 3 is 2.75 bits per heavy atom. The molecule has 1 saturated heterocycles. The highest BCUT2D eigenvalue weighted by Gasteiger charge is 2.24. The fraction of sp³-hybridized carbons (Fsp3) is 0.917. The van der Waals surface area contributed by atoms with Gasteiger partial charge in [0.1, 0.15) is 0 Å². The van der Waals surface area contributed by atoms with Crippen LogP contribution >= 0.6 is 0 Å². The van der Waals surface area contributed by atoms with Crippen molar-refractivity contribution >= 4 is 5.97 Å². The number of aliphatic carboxylic acids is 1. The van der Waals surface area contributed by atoms with Crippen molar-refractivity contribution in [3.63, 3.8) is 0 Å². The first-order valence-corrected chi connectivity index (χ1v) is 6.13. The summed E-state index contributed by atoms with van der Waals surface area (Å²) in [7, 11) is 4.20. The molecule has 0 aromatic rings. The predicted molar refractivity (Wildman–Crippen MR) is 64.6 cm³/mol. The quantitative estimate of drug-likeness (QED) is 0.740. The molecule has 0 saturated carbocycles. The average Bonchev–Trinajstić information content (AvgIpc) is 2.60. The zero-order valence-electron chi connectivity index (χ0n) is 10.6. The third kappa shape index (κ3) is 4.10. The molecule has 0 radical (unpaired) electrons. The monoisotopic (exact) mass is 228 g/mol. The van der Waals surface area contributed by atoms with Gasteiger partial charge in [0, 0.05) is 19.1 Å². The topological polar surface area (TPSA) is 43.8 Å². The zero-order valence-corrected chi connectivity index (χ0v) is 10.6. The summed E-state index contributed by atoms with van der Waals surface area (Å²) in [6.07, 6.45) is 2.41. The number of carboxylic acids is 1. The third-order valence-corrected chi connectivity index (χ3v) is 3.54. The molecule has 1 fully saturated rings. The van der Waals surface area contributed by atoms with E-state index in [9.17, 15) is 4.79 Å². The molecule has 1 rings (SSSR count). The molecule has 16 heavy (non-hydrogen) atoms. The molecule has 0 aliphatic carbocycles. The number of carbonyl (C=O) groups is 1. The van der Waals surface area contributed by atoms with Crippen LogP contribution < -0.4 is 0 Å². The summed E-state index contributed by atoms with van der Waals surface area (Å²) in [5.74, 6) is 0.0140. The summed E-state index contributed by atoms with van der Waals surface area (Å²) in [6.45, 7) is 5.41. The van der Waals surface area contributed by atoms with Crippen LogP contribution in [0.2, 0.25) is 0 Å². The maximum Gasteiger partial charge on any atom is 0.304 e. The average molecular weight is 228 g/mol. The summed E-state index contributed by atoms with van der Waals surface area (Å²) >= 11 is 0. The van der Waals surface area contributed by atoms with E-state index < -0.39 is 5.97 Å². The molecule has 0 spiro atoms. The van der Waals surface area contributed by atoms with Gasteiger partial charge in [-0.2, -0.15) is 0 Å². The maximum absolute atomic E-state index is 10.7. The van der Waals surface area contributed by atoms with E-state index in [0.717, 1.165) is 19.5 Å². The molecule has 4 nitrogen and oxygen atoms in total. The Bertz CT molecular complexity index is 233. The van der Waals surface area contributed by atoms with Gasteiger partial charge in [0.25, 0.3) is 0 Å². The second-order valence-electron chi connectivity index (χ2n) is 5.02. The lowest BCUT2D eigenvalue weighted by atomic mass is 10.1. The van der Waals surface area contributed by atoms with Crippen LogP contribution in [0, 0.1) is 5.92 Å². The van der Waals surface area contributed by atoms with E-state index in [-0.39, 0.29) is 12.5 Å². The van der Waals surface area contributed by atoms with Gasteiger partial charge in [0.05, 0.1) is 6.42 Å². The van der Waals surface area contributed by atoms with Gasteiger partial charge in [-0.25, -0.2) is 0 Å². The molecule has 1 aliphatic heterocycles. The second kappa shape index (κ2) is 6.21. The predicted octanol–water partition coefficient (Wildman–Crippen LogP) is 1.12. The van der Waals surface area contributed by atoms with Crippen molar-refractivity contribution in [2.75, 3.05) is 33.7 Å². The van der Waals surface area contributed by atoms with E-state index in [0.29, 0.717) is 5.92 Å². The van der Waals surface area contributed by atoms with Crippen LogP contribution in [0.15, 0.2) is 0 Å². The van der Waals surface area contributed by atoms with Crippen molar-refractivity contribution in [2.45, 2.75) is 32.2 Å². The lowest BCUT2D eigenvalue weighted by Crippen LogP contribution is -2.37. The Hall–Kier alpha value is -0.610. The van der Waals surface area contributed by atoms with Gasteiger partial charge in [-0.05, 0) is 39.4 Å². The van der Waals surface area contributed by atoms with Crippen LogP contribution in [0.5, 0.6) is 0 Å². The van der Waals surface area contributed by atoms with E-state index in [1.807, 2.05) is 0 Å². The van der Waals surface area contributed by atoms with Crippen LogP contribution in [0.1, 0.15) is 26.2 Å². The van der Waals surface area contributed by atoms with Crippen molar-refractivity contribution in [3.8, 4) is 0 Å². The van der Waals surface area contributed by atoms with Gasteiger partial charge in [-0.1, -0.05) is 6.92 Å². The first-order valence-electron chi connectivity index (χ1n) is 6.13. The Morgan fingerprint density at radius 1 is 1.62 bits per heavy atom. The van der Waals surface area contributed by atoms with E-state index in [2.05, 4.69) is 30.8 Å². The van der Waals surface area contributed by atoms with Crippen molar-refractivity contribution in [1.82, 2.24) is 9.80 Å². The normalized spacial score (nSPS) is 23.9. The van der Waals surface area contributed by atoms with Crippen molar-refractivity contribution < 1.29 is 9.90 Å². The summed E-state index contributed by atoms with van der Waals surface area (Å²) < 4.78 is 0. The molecule has 2 unspecified atom stereocenters. The van der Waals surface area contributed by atoms with Gasteiger partial charge < -0.3 is 14.9 Å². The minimum atomic E-state index is -0.692. The van der Waals surface area contributed by atoms with Crippen molar-refractivity contribution in [1.29, 1.82) is 0 Å². The van der Waals surface area contributed by atoms with Crippen LogP contribution in [0.3, 0.4) is 0 Å². The highest BCUT2D eigenvalue weighted by Crippen LogP contribution is 2.17.